The predicted octanol–water partition coefficient (Wildman–Crippen LogP) is 3.33. The fourth-order valence-electron chi connectivity index (χ4n) is 2.37. The predicted molar refractivity (Wildman–Crippen MR) is 89.2 cm³/mol. The Kier molecular flexibility index (Phi) is 3.39. The van der Waals surface area contributed by atoms with E-state index in [1.807, 2.05) is 18.2 Å². The topological polar surface area (TPSA) is 97.4 Å². The van der Waals surface area contributed by atoms with Crippen molar-refractivity contribution < 1.29 is 0 Å². The van der Waals surface area contributed by atoms with Gasteiger partial charge in [0.25, 0.3) is 0 Å². The highest BCUT2D eigenvalue weighted by molar-refractivity contribution is 5.77. The number of nitrogens with zero attached hydrogens (tertiary/aromatic N) is 6. The van der Waals surface area contributed by atoms with E-state index in [-0.39, 0.29) is 0 Å². The van der Waals surface area contributed by atoms with Crippen LogP contribution in [0.15, 0.2) is 66.2 Å². The van der Waals surface area contributed by atoms with E-state index in [2.05, 4.69) is 30.7 Å². The summed E-state index contributed by atoms with van der Waals surface area (Å²) in [4.78, 5) is 19.3. The van der Waals surface area contributed by atoms with Crippen molar-refractivity contribution in [3.05, 3.63) is 66.0 Å². The Labute approximate surface area is 136 Å². The smallest absolute Gasteiger partial charge is 0.227 e. The Bertz CT molecular complexity index is 1030. The molecule has 0 saturated heterocycles. The maximum atomic E-state index is 10.6. The molecule has 4 rings (SSSR count). The molecule has 1 N–H and O–H groups in total. The van der Waals surface area contributed by atoms with Crippen LogP contribution in [0, 0.1) is 4.91 Å². The summed E-state index contributed by atoms with van der Waals surface area (Å²) in [6.07, 6.45) is 5.04. The lowest BCUT2D eigenvalue weighted by atomic mass is 10.2. The van der Waals surface area contributed by atoms with Gasteiger partial charge in [0.2, 0.25) is 5.95 Å². The van der Waals surface area contributed by atoms with E-state index in [1.54, 1.807) is 47.5 Å². The molecule has 0 radical (unpaired) electrons. The van der Waals surface area contributed by atoms with Gasteiger partial charge in [-0.25, -0.2) is 9.97 Å². The van der Waals surface area contributed by atoms with Crippen LogP contribution in [0.3, 0.4) is 0 Å². The lowest BCUT2D eigenvalue weighted by Crippen LogP contribution is -1.97. The van der Waals surface area contributed by atoms with E-state index in [4.69, 9.17) is 0 Å². The van der Waals surface area contributed by atoms with Crippen molar-refractivity contribution in [3.63, 3.8) is 0 Å². The van der Waals surface area contributed by atoms with Crippen LogP contribution in [0.25, 0.3) is 16.8 Å². The Balaban J connectivity index is 1.70. The van der Waals surface area contributed by atoms with Crippen LogP contribution < -0.4 is 5.32 Å². The van der Waals surface area contributed by atoms with Crippen LogP contribution in [0.4, 0.5) is 17.3 Å². The number of hydrogen-bond donors (Lipinski definition) is 1. The molecule has 0 amide bonds. The van der Waals surface area contributed by atoms with Crippen LogP contribution >= 0.6 is 0 Å². The zero-order chi connectivity index (χ0) is 16.4. The third kappa shape index (κ3) is 2.56. The number of rotatable bonds is 4. The van der Waals surface area contributed by atoms with E-state index < -0.39 is 0 Å². The van der Waals surface area contributed by atoms with E-state index >= 15 is 0 Å². The molecule has 8 nitrogen and oxygen atoms in total. The van der Waals surface area contributed by atoms with E-state index in [0.717, 1.165) is 16.8 Å². The third-order valence-corrected chi connectivity index (χ3v) is 3.44. The quantitative estimate of drug-likeness (QED) is 0.580. The maximum Gasteiger partial charge on any atom is 0.227 e. The molecule has 24 heavy (non-hydrogen) atoms. The minimum absolute atomic E-state index is 0.338. The molecule has 4 aromatic rings. The summed E-state index contributed by atoms with van der Waals surface area (Å²) in [5.74, 6) is 0.416. The SMILES string of the molecule is O=Nc1cccc(Nc2nccc(-c3cnn4ncccc34)n2)c1. The van der Waals surface area contributed by atoms with Crippen molar-refractivity contribution in [1.29, 1.82) is 0 Å². The van der Waals surface area contributed by atoms with Crippen molar-refractivity contribution in [2.75, 3.05) is 5.32 Å². The van der Waals surface area contributed by atoms with Gasteiger partial charge in [0.1, 0.15) is 5.69 Å². The van der Waals surface area contributed by atoms with Crippen LogP contribution in [0.1, 0.15) is 0 Å². The largest absolute Gasteiger partial charge is 0.324 e. The van der Waals surface area contributed by atoms with Gasteiger partial charge in [0.05, 0.1) is 17.4 Å². The Morgan fingerprint density at radius 2 is 2.00 bits per heavy atom. The summed E-state index contributed by atoms with van der Waals surface area (Å²) in [5, 5.41) is 14.3. The molecular weight excluding hydrogens is 306 g/mol. The van der Waals surface area contributed by atoms with Gasteiger partial charge in [-0.1, -0.05) is 6.07 Å². The number of nitroso groups, excluding NO2 is 1. The van der Waals surface area contributed by atoms with Gasteiger partial charge in [0.15, 0.2) is 0 Å². The molecule has 0 aliphatic rings. The van der Waals surface area contributed by atoms with Crippen LogP contribution in [0.2, 0.25) is 0 Å². The summed E-state index contributed by atoms with van der Waals surface area (Å²) in [6.45, 7) is 0. The zero-order valence-electron chi connectivity index (χ0n) is 12.4. The van der Waals surface area contributed by atoms with E-state index in [1.165, 1.54) is 0 Å². The normalized spacial score (nSPS) is 10.7. The van der Waals surface area contributed by atoms with Crippen LogP contribution in [-0.2, 0) is 0 Å². The molecule has 3 aromatic heterocycles. The fraction of sp³-hybridized carbons (Fsp3) is 0. The molecule has 0 atom stereocenters. The summed E-state index contributed by atoms with van der Waals surface area (Å²) in [5.41, 5.74) is 3.46. The summed E-state index contributed by atoms with van der Waals surface area (Å²) in [7, 11) is 0. The highest BCUT2D eigenvalue weighted by Crippen LogP contribution is 2.24. The first-order chi connectivity index (χ1) is 11.8. The number of nitrogens with one attached hydrogen (secondary N) is 1. The Morgan fingerprint density at radius 3 is 2.92 bits per heavy atom. The molecule has 0 aliphatic heterocycles. The lowest BCUT2D eigenvalue weighted by molar-refractivity contribution is 0.800. The first-order valence-electron chi connectivity index (χ1n) is 7.16. The number of hydrogen-bond acceptors (Lipinski definition) is 7. The minimum Gasteiger partial charge on any atom is -0.324 e. The lowest BCUT2D eigenvalue weighted by Gasteiger charge is -2.06. The third-order valence-electron chi connectivity index (χ3n) is 3.44. The number of fused-ring (bicyclic) bond motifs is 1. The second kappa shape index (κ2) is 5.84. The molecule has 116 valence electrons. The first-order valence-corrected chi connectivity index (χ1v) is 7.16. The van der Waals surface area contributed by atoms with Crippen molar-refractivity contribution >= 4 is 22.8 Å². The van der Waals surface area contributed by atoms with E-state index in [0.29, 0.717) is 17.3 Å². The standard InChI is InChI=1S/C16H11N7O/c24-22-12-4-1-3-11(9-12)20-16-17-8-6-14(21-16)13-10-19-23-15(13)5-2-7-18-23/h1-10H,(H,17,20,21). The Morgan fingerprint density at radius 1 is 1.04 bits per heavy atom. The summed E-state index contributed by atoms with van der Waals surface area (Å²) >= 11 is 0. The Hall–Kier alpha value is -3.68. The van der Waals surface area contributed by atoms with Gasteiger partial charge in [-0.2, -0.15) is 14.8 Å². The van der Waals surface area contributed by atoms with Crippen molar-refractivity contribution in [3.8, 4) is 11.3 Å². The molecule has 0 bridgehead atoms. The molecule has 0 unspecified atom stereocenters. The molecular formula is C16H11N7O. The van der Waals surface area contributed by atoms with Crippen molar-refractivity contribution in [2.45, 2.75) is 0 Å². The van der Waals surface area contributed by atoms with Crippen molar-refractivity contribution in [2.24, 2.45) is 5.18 Å². The monoisotopic (exact) mass is 317 g/mol. The molecule has 0 fully saturated rings. The van der Waals surface area contributed by atoms with E-state index in [9.17, 15) is 4.91 Å². The van der Waals surface area contributed by atoms with Crippen LogP contribution in [-0.4, -0.2) is 24.8 Å². The second-order valence-corrected chi connectivity index (χ2v) is 4.99. The van der Waals surface area contributed by atoms with Gasteiger partial charge in [0, 0.05) is 23.6 Å². The molecule has 0 spiro atoms. The van der Waals surface area contributed by atoms with Gasteiger partial charge in [-0.15, -0.1) is 4.91 Å². The highest BCUT2D eigenvalue weighted by atomic mass is 16.3. The summed E-state index contributed by atoms with van der Waals surface area (Å²) in [6, 6.07) is 12.4. The fourth-order valence-corrected chi connectivity index (χ4v) is 2.37. The summed E-state index contributed by atoms with van der Waals surface area (Å²) < 4.78 is 1.55. The number of anilines is 2. The highest BCUT2D eigenvalue weighted by Gasteiger charge is 2.09. The number of aromatic nitrogens is 5. The molecule has 0 aliphatic carbocycles. The molecule has 8 heteroatoms. The molecule has 0 saturated carbocycles. The van der Waals surface area contributed by atoms with Gasteiger partial charge in [-0.05, 0) is 41.6 Å². The first kappa shape index (κ1) is 13.9. The maximum absolute atomic E-state index is 10.6. The average molecular weight is 317 g/mol. The van der Waals surface area contributed by atoms with Gasteiger partial charge in [-0.3, -0.25) is 0 Å². The van der Waals surface area contributed by atoms with Crippen molar-refractivity contribution in [1.82, 2.24) is 24.8 Å². The zero-order valence-corrected chi connectivity index (χ0v) is 12.4. The second-order valence-electron chi connectivity index (χ2n) is 4.99. The molecule has 3 heterocycles. The number of benzene rings is 1. The molecule has 1 aromatic carbocycles. The minimum atomic E-state index is 0.338. The van der Waals surface area contributed by atoms with Crippen LogP contribution in [0.5, 0.6) is 0 Å². The van der Waals surface area contributed by atoms with Gasteiger partial charge < -0.3 is 5.32 Å². The van der Waals surface area contributed by atoms with Gasteiger partial charge >= 0.3 is 0 Å². The average Bonchev–Trinajstić information content (AvgIpc) is 3.06.